The van der Waals surface area contributed by atoms with Crippen molar-refractivity contribution in [2.45, 2.75) is 31.4 Å². The molecule has 2 amide bonds. The number of nitrogens with zero attached hydrogens (tertiary/aromatic N) is 4. The minimum atomic E-state index is -4.54. The molecular formula is C20H15F3N4O2S. The molecule has 1 saturated carbocycles. The summed E-state index contributed by atoms with van der Waals surface area (Å²) in [5.41, 5.74) is 1.70. The van der Waals surface area contributed by atoms with Gasteiger partial charge in [0.1, 0.15) is 0 Å². The molecule has 1 aliphatic carbocycles. The quantitative estimate of drug-likeness (QED) is 0.566. The molecule has 0 N–H and O–H groups in total. The van der Waals surface area contributed by atoms with Gasteiger partial charge in [0.05, 0.1) is 21.7 Å². The largest absolute Gasteiger partial charge is 0.443 e. The molecule has 0 spiro atoms. The predicted molar refractivity (Wildman–Crippen MR) is 103 cm³/mol. The van der Waals surface area contributed by atoms with Crippen LogP contribution < -0.4 is 4.90 Å². The number of carbonyl (C=O) groups is 2. The third-order valence-electron chi connectivity index (χ3n) is 5.57. The second-order valence-electron chi connectivity index (χ2n) is 7.36. The van der Waals surface area contributed by atoms with Gasteiger partial charge in [0.15, 0.2) is 10.8 Å². The van der Waals surface area contributed by atoms with Crippen LogP contribution in [-0.4, -0.2) is 26.6 Å². The molecule has 1 aromatic carbocycles. The number of anilines is 1. The standard InChI is InChI=1S/C20H15F3N4O2S/c1-26-15(13-9-24-19(30-13)20(21,22)23)14(10-5-4-6-10)16(25-26)27-17(28)11-7-2-3-8-12(11)18(27)29/h2-3,7-10H,4-6H2,1H3. The zero-order valence-electron chi connectivity index (χ0n) is 15.7. The first-order valence-electron chi connectivity index (χ1n) is 9.35. The van der Waals surface area contributed by atoms with Crippen molar-refractivity contribution in [1.29, 1.82) is 0 Å². The van der Waals surface area contributed by atoms with Gasteiger partial charge in [0, 0.05) is 18.8 Å². The number of carbonyl (C=O) groups excluding carboxylic acids is 2. The molecule has 5 rings (SSSR count). The van der Waals surface area contributed by atoms with Gasteiger partial charge < -0.3 is 0 Å². The van der Waals surface area contributed by atoms with Crippen LogP contribution in [0.15, 0.2) is 30.5 Å². The SMILES string of the molecule is Cn1nc(N2C(=O)c3ccccc3C2=O)c(C2CCC2)c1-c1cnc(C(F)(F)F)s1. The lowest BCUT2D eigenvalue weighted by atomic mass is 9.79. The zero-order chi connectivity index (χ0) is 21.2. The molecule has 154 valence electrons. The first-order chi connectivity index (χ1) is 14.3. The maximum atomic E-state index is 13.1. The number of aryl methyl sites for hydroxylation is 1. The van der Waals surface area contributed by atoms with E-state index in [1.165, 1.54) is 10.9 Å². The van der Waals surface area contributed by atoms with Crippen molar-refractivity contribution >= 4 is 29.0 Å². The van der Waals surface area contributed by atoms with Gasteiger partial charge in [-0.1, -0.05) is 18.6 Å². The molecule has 0 radical (unpaired) electrons. The number of hydrogen-bond acceptors (Lipinski definition) is 5. The Morgan fingerprint density at radius 3 is 2.23 bits per heavy atom. The van der Waals surface area contributed by atoms with Crippen molar-refractivity contribution in [2.24, 2.45) is 7.05 Å². The Bertz CT molecular complexity index is 1160. The van der Waals surface area contributed by atoms with Crippen LogP contribution in [0.3, 0.4) is 0 Å². The maximum Gasteiger partial charge on any atom is 0.443 e. The third-order valence-corrected chi connectivity index (χ3v) is 6.61. The second-order valence-corrected chi connectivity index (χ2v) is 8.39. The van der Waals surface area contributed by atoms with E-state index in [1.54, 1.807) is 31.3 Å². The van der Waals surface area contributed by atoms with Crippen LogP contribution in [0.1, 0.15) is 56.5 Å². The summed E-state index contributed by atoms with van der Waals surface area (Å²) in [5, 5.41) is 3.48. The van der Waals surface area contributed by atoms with E-state index >= 15 is 0 Å². The average molecular weight is 432 g/mol. The van der Waals surface area contributed by atoms with E-state index in [0.717, 1.165) is 24.2 Å². The van der Waals surface area contributed by atoms with Gasteiger partial charge in [0.2, 0.25) is 0 Å². The molecule has 1 fully saturated rings. The summed E-state index contributed by atoms with van der Waals surface area (Å²) in [4.78, 5) is 30.8. The summed E-state index contributed by atoms with van der Waals surface area (Å²) in [7, 11) is 1.60. The summed E-state index contributed by atoms with van der Waals surface area (Å²) in [5.74, 6) is -0.725. The van der Waals surface area contributed by atoms with Crippen molar-refractivity contribution in [3.63, 3.8) is 0 Å². The lowest BCUT2D eigenvalue weighted by molar-refractivity contribution is -0.137. The highest BCUT2D eigenvalue weighted by Crippen LogP contribution is 2.48. The van der Waals surface area contributed by atoms with Crippen molar-refractivity contribution in [2.75, 3.05) is 4.90 Å². The number of hydrogen-bond donors (Lipinski definition) is 0. The Kier molecular flexibility index (Phi) is 4.11. The van der Waals surface area contributed by atoms with Crippen molar-refractivity contribution < 1.29 is 22.8 Å². The second kappa shape index (κ2) is 6.49. The van der Waals surface area contributed by atoms with Crippen molar-refractivity contribution in [3.05, 3.63) is 52.2 Å². The minimum Gasteiger partial charge on any atom is -0.268 e. The van der Waals surface area contributed by atoms with Crippen LogP contribution in [0.25, 0.3) is 10.6 Å². The van der Waals surface area contributed by atoms with Gasteiger partial charge in [0.25, 0.3) is 11.8 Å². The molecule has 10 heteroatoms. The predicted octanol–water partition coefficient (Wildman–Crippen LogP) is 4.63. The maximum absolute atomic E-state index is 13.1. The molecule has 2 aliphatic rings. The van der Waals surface area contributed by atoms with E-state index in [2.05, 4.69) is 10.1 Å². The fraction of sp³-hybridized carbons (Fsp3) is 0.300. The molecule has 3 heterocycles. The Morgan fingerprint density at radius 2 is 1.73 bits per heavy atom. The molecule has 0 bridgehead atoms. The first kappa shape index (κ1) is 19.0. The lowest BCUT2D eigenvalue weighted by Gasteiger charge is -2.27. The van der Waals surface area contributed by atoms with E-state index in [9.17, 15) is 22.8 Å². The van der Waals surface area contributed by atoms with Gasteiger partial charge >= 0.3 is 6.18 Å². The Balaban J connectivity index is 1.66. The summed E-state index contributed by atoms with van der Waals surface area (Å²) >= 11 is 0.533. The van der Waals surface area contributed by atoms with E-state index in [4.69, 9.17) is 0 Å². The normalized spacial score (nSPS) is 16.9. The molecule has 0 saturated heterocycles. The lowest BCUT2D eigenvalue weighted by Crippen LogP contribution is -2.31. The molecule has 6 nitrogen and oxygen atoms in total. The number of benzene rings is 1. The summed E-state index contributed by atoms with van der Waals surface area (Å²) in [6.07, 6.45) is -0.751. The van der Waals surface area contributed by atoms with Gasteiger partial charge in [-0.05, 0) is 30.9 Å². The van der Waals surface area contributed by atoms with E-state index in [0.29, 0.717) is 38.6 Å². The van der Waals surface area contributed by atoms with Crippen LogP contribution >= 0.6 is 11.3 Å². The summed E-state index contributed by atoms with van der Waals surface area (Å²) in [6.45, 7) is 0. The molecular weight excluding hydrogens is 417 g/mol. The van der Waals surface area contributed by atoms with Gasteiger partial charge in [-0.15, -0.1) is 11.3 Å². The van der Waals surface area contributed by atoms with E-state index in [-0.39, 0.29) is 11.7 Å². The minimum absolute atomic E-state index is 0.0180. The number of halogens is 3. The van der Waals surface area contributed by atoms with Gasteiger partial charge in [-0.2, -0.15) is 18.3 Å². The number of amides is 2. The first-order valence-corrected chi connectivity index (χ1v) is 10.2. The molecule has 0 atom stereocenters. The third kappa shape index (κ3) is 2.70. The van der Waals surface area contributed by atoms with E-state index < -0.39 is 23.0 Å². The monoisotopic (exact) mass is 432 g/mol. The van der Waals surface area contributed by atoms with Crippen molar-refractivity contribution in [3.8, 4) is 10.6 Å². The van der Waals surface area contributed by atoms with Crippen LogP contribution in [0.5, 0.6) is 0 Å². The number of imide groups is 1. The smallest absolute Gasteiger partial charge is 0.268 e. The fourth-order valence-corrected chi connectivity index (χ4v) is 4.83. The highest BCUT2D eigenvalue weighted by atomic mass is 32.1. The Morgan fingerprint density at radius 1 is 1.10 bits per heavy atom. The van der Waals surface area contributed by atoms with Crippen LogP contribution in [-0.2, 0) is 13.2 Å². The zero-order valence-corrected chi connectivity index (χ0v) is 16.5. The molecule has 0 unspecified atom stereocenters. The number of aromatic nitrogens is 3. The number of thiazole rings is 1. The van der Waals surface area contributed by atoms with Gasteiger partial charge in [-0.3, -0.25) is 14.3 Å². The Hall–Kier alpha value is -3.01. The van der Waals surface area contributed by atoms with Crippen LogP contribution in [0, 0.1) is 0 Å². The number of alkyl halides is 3. The summed E-state index contributed by atoms with van der Waals surface area (Å²) in [6, 6.07) is 6.53. The number of fused-ring (bicyclic) bond motifs is 1. The van der Waals surface area contributed by atoms with Crippen molar-refractivity contribution in [1.82, 2.24) is 14.8 Å². The highest BCUT2D eigenvalue weighted by molar-refractivity contribution is 7.15. The highest BCUT2D eigenvalue weighted by Gasteiger charge is 2.42. The topological polar surface area (TPSA) is 68.1 Å². The number of rotatable bonds is 3. The van der Waals surface area contributed by atoms with Crippen LogP contribution in [0.4, 0.5) is 19.0 Å². The molecule has 2 aromatic heterocycles. The van der Waals surface area contributed by atoms with Crippen LogP contribution in [0.2, 0.25) is 0 Å². The van der Waals surface area contributed by atoms with E-state index in [1.807, 2.05) is 0 Å². The summed E-state index contributed by atoms with van der Waals surface area (Å²) < 4.78 is 40.7. The Labute approximate surface area is 173 Å². The molecule has 1 aliphatic heterocycles. The molecule has 3 aromatic rings. The van der Waals surface area contributed by atoms with Gasteiger partial charge in [-0.25, -0.2) is 9.88 Å². The molecule has 30 heavy (non-hydrogen) atoms. The average Bonchev–Trinajstić information content (AvgIpc) is 3.31. The fourth-order valence-electron chi connectivity index (χ4n) is 3.95.